The highest BCUT2D eigenvalue weighted by Crippen LogP contribution is 2.65. The van der Waals surface area contributed by atoms with Gasteiger partial charge in [-0.3, -0.25) is 9.59 Å². The van der Waals surface area contributed by atoms with E-state index in [9.17, 15) is 14.4 Å². The molecule has 8 heteroatoms. The zero-order chi connectivity index (χ0) is 17.4. The summed E-state index contributed by atoms with van der Waals surface area (Å²) in [5.74, 6) is -0.613. The van der Waals surface area contributed by atoms with E-state index in [1.165, 1.54) is 0 Å². The van der Waals surface area contributed by atoms with Crippen LogP contribution < -0.4 is 11.5 Å². The molecule has 4 aliphatic rings. The normalized spacial score (nSPS) is 36.8. The lowest BCUT2D eigenvalue weighted by Gasteiger charge is -2.40. The van der Waals surface area contributed by atoms with Gasteiger partial charge in [-0.25, -0.2) is 4.79 Å². The topological polar surface area (TPSA) is 125 Å². The third-order valence-electron chi connectivity index (χ3n) is 5.83. The van der Waals surface area contributed by atoms with Crippen molar-refractivity contribution in [2.45, 2.75) is 19.1 Å². The molecule has 4 atom stereocenters. The number of ether oxygens (including phenoxy) is 2. The fraction of sp³-hybridized carbons (Fsp3) is 0.562. The highest BCUT2D eigenvalue weighted by Gasteiger charge is 2.72. The molecule has 2 aliphatic carbocycles. The van der Waals surface area contributed by atoms with E-state index in [4.69, 9.17) is 20.9 Å². The summed E-state index contributed by atoms with van der Waals surface area (Å²) in [7, 11) is 1.56. The smallest absolute Gasteiger partial charge is 0.404 e. The van der Waals surface area contributed by atoms with Crippen molar-refractivity contribution in [2.24, 2.45) is 29.2 Å². The first-order valence-electron chi connectivity index (χ1n) is 7.89. The van der Waals surface area contributed by atoms with Gasteiger partial charge >= 0.3 is 6.09 Å². The van der Waals surface area contributed by atoms with Crippen molar-refractivity contribution in [3.05, 3.63) is 22.5 Å². The van der Waals surface area contributed by atoms with E-state index in [-0.39, 0.29) is 40.9 Å². The molecule has 2 heterocycles. The number of allylic oxidation sites excluding steroid dienone is 2. The van der Waals surface area contributed by atoms with Gasteiger partial charge in [-0.05, 0) is 19.3 Å². The number of fused-ring (bicyclic) bond motifs is 4. The number of rotatable bonds is 3. The zero-order valence-electron chi connectivity index (χ0n) is 13.5. The van der Waals surface area contributed by atoms with Crippen LogP contribution in [-0.4, -0.2) is 48.5 Å². The standard InChI is InChI=1S/C16H19N3O5/c1-6-11(17)14(21)10-9(5-24-15(18)22)16(23-2)8-3-7(8)4-19(16)12(10)13(6)20/h7-9H,3-5,17H2,1-2H3,(H2,18,22)/t7-,8-,9+,16-/m0/s1. The van der Waals surface area contributed by atoms with Crippen molar-refractivity contribution in [3.63, 3.8) is 0 Å². The SMILES string of the molecule is CO[C@@]12[C@H](COC(N)=O)C3=C(C(=O)C(C)=C(N)C3=O)N1C[C@@H]1C[C@@H]12. The molecule has 0 aromatic carbocycles. The zero-order valence-corrected chi connectivity index (χ0v) is 13.5. The van der Waals surface area contributed by atoms with Crippen LogP contribution >= 0.6 is 0 Å². The summed E-state index contributed by atoms with van der Waals surface area (Å²) in [4.78, 5) is 38.6. The number of ketones is 2. The summed E-state index contributed by atoms with van der Waals surface area (Å²) >= 11 is 0. The van der Waals surface area contributed by atoms with Gasteiger partial charge in [0.2, 0.25) is 11.6 Å². The molecular weight excluding hydrogens is 314 g/mol. The second kappa shape index (κ2) is 4.60. The van der Waals surface area contributed by atoms with Gasteiger partial charge in [0, 0.05) is 30.7 Å². The van der Waals surface area contributed by atoms with Gasteiger partial charge in [0.25, 0.3) is 0 Å². The van der Waals surface area contributed by atoms with Gasteiger partial charge in [0.15, 0.2) is 5.72 Å². The molecule has 0 aromatic heterocycles. The Labute approximate surface area is 138 Å². The van der Waals surface area contributed by atoms with Crippen LogP contribution in [0.15, 0.2) is 22.5 Å². The van der Waals surface area contributed by atoms with E-state index >= 15 is 0 Å². The maximum atomic E-state index is 12.8. The van der Waals surface area contributed by atoms with Crippen LogP contribution in [0.4, 0.5) is 4.79 Å². The van der Waals surface area contributed by atoms with Gasteiger partial charge < -0.3 is 25.8 Å². The molecule has 0 bridgehead atoms. The van der Waals surface area contributed by atoms with E-state index in [1.807, 2.05) is 4.90 Å². The molecule has 2 fully saturated rings. The van der Waals surface area contributed by atoms with Crippen LogP contribution in [0.25, 0.3) is 0 Å². The summed E-state index contributed by atoms with van der Waals surface area (Å²) in [5.41, 5.74) is 10.9. The lowest BCUT2D eigenvalue weighted by atomic mass is 9.82. The summed E-state index contributed by atoms with van der Waals surface area (Å²) in [5, 5.41) is 0. The number of piperidine rings is 1. The maximum absolute atomic E-state index is 12.8. The average molecular weight is 333 g/mol. The van der Waals surface area contributed by atoms with Gasteiger partial charge in [-0.1, -0.05) is 0 Å². The van der Waals surface area contributed by atoms with Crippen molar-refractivity contribution in [1.29, 1.82) is 0 Å². The van der Waals surface area contributed by atoms with Crippen molar-refractivity contribution in [3.8, 4) is 0 Å². The van der Waals surface area contributed by atoms with Crippen LogP contribution in [0.1, 0.15) is 13.3 Å². The lowest BCUT2D eigenvalue weighted by molar-refractivity contribution is -0.146. The molecule has 8 nitrogen and oxygen atoms in total. The van der Waals surface area contributed by atoms with Crippen LogP contribution in [0.5, 0.6) is 0 Å². The molecule has 1 saturated heterocycles. The second-order valence-corrected chi connectivity index (χ2v) is 6.81. The number of methoxy groups -OCH3 is 1. The molecule has 0 unspecified atom stereocenters. The van der Waals surface area contributed by atoms with Gasteiger partial charge in [-0.15, -0.1) is 0 Å². The number of carbonyl (C=O) groups is 3. The Hall–Kier alpha value is -2.35. The molecular formula is C16H19N3O5. The Morgan fingerprint density at radius 1 is 1.38 bits per heavy atom. The molecule has 1 amide bonds. The molecule has 4 N–H and O–H groups in total. The fourth-order valence-electron chi connectivity index (χ4n) is 4.66. The highest BCUT2D eigenvalue weighted by atomic mass is 16.6. The number of nitrogens with two attached hydrogens (primary N) is 2. The third kappa shape index (κ3) is 1.59. The predicted octanol–water partition coefficient (Wildman–Crippen LogP) is -0.355. The van der Waals surface area contributed by atoms with Crippen LogP contribution in [0, 0.1) is 17.8 Å². The fourth-order valence-corrected chi connectivity index (χ4v) is 4.66. The molecule has 4 rings (SSSR count). The Balaban J connectivity index is 1.85. The third-order valence-corrected chi connectivity index (χ3v) is 5.83. The molecule has 0 radical (unpaired) electrons. The quantitative estimate of drug-likeness (QED) is 0.676. The number of hydrogen-bond donors (Lipinski definition) is 2. The van der Waals surface area contributed by atoms with Crippen LogP contribution in [-0.2, 0) is 19.1 Å². The monoisotopic (exact) mass is 333 g/mol. The molecule has 0 spiro atoms. The van der Waals surface area contributed by atoms with Gasteiger partial charge in [0.05, 0.1) is 17.3 Å². The van der Waals surface area contributed by atoms with Crippen molar-refractivity contribution in [1.82, 2.24) is 4.90 Å². The van der Waals surface area contributed by atoms with E-state index in [1.54, 1.807) is 14.0 Å². The number of primary amides is 1. The predicted molar refractivity (Wildman–Crippen MR) is 81.0 cm³/mol. The first kappa shape index (κ1) is 15.2. The Morgan fingerprint density at radius 2 is 2.08 bits per heavy atom. The lowest BCUT2D eigenvalue weighted by Crippen LogP contribution is -2.51. The molecule has 128 valence electrons. The summed E-state index contributed by atoms with van der Waals surface area (Å²) < 4.78 is 10.9. The first-order valence-corrected chi connectivity index (χ1v) is 7.89. The molecule has 1 saturated carbocycles. The Morgan fingerprint density at radius 3 is 2.71 bits per heavy atom. The van der Waals surface area contributed by atoms with E-state index in [0.29, 0.717) is 18.2 Å². The largest absolute Gasteiger partial charge is 0.449 e. The maximum Gasteiger partial charge on any atom is 0.404 e. The van der Waals surface area contributed by atoms with E-state index < -0.39 is 17.7 Å². The van der Waals surface area contributed by atoms with E-state index in [0.717, 1.165) is 6.42 Å². The minimum absolute atomic E-state index is 0.0531. The number of hydrogen-bond acceptors (Lipinski definition) is 7. The highest BCUT2D eigenvalue weighted by molar-refractivity contribution is 6.25. The Kier molecular flexibility index (Phi) is 2.91. The summed E-state index contributed by atoms with van der Waals surface area (Å²) in [6, 6.07) is 0. The minimum Gasteiger partial charge on any atom is -0.449 e. The molecule has 0 aromatic rings. The molecule has 24 heavy (non-hydrogen) atoms. The number of Topliss-reactive ketones (excluding diaryl/α,β-unsaturated/α-hetero) is 2. The van der Waals surface area contributed by atoms with Crippen molar-refractivity contribution < 1.29 is 23.9 Å². The first-order chi connectivity index (χ1) is 11.3. The summed E-state index contributed by atoms with van der Waals surface area (Å²) in [6.45, 7) is 2.08. The Bertz CT molecular complexity index is 755. The average Bonchev–Trinajstić information content (AvgIpc) is 3.16. The van der Waals surface area contributed by atoms with Crippen molar-refractivity contribution in [2.75, 3.05) is 20.3 Å². The van der Waals surface area contributed by atoms with Crippen LogP contribution in [0.3, 0.4) is 0 Å². The van der Waals surface area contributed by atoms with Crippen molar-refractivity contribution >= 4 is 17.7 Å². The number of amides is 1. The summed E-state index contributed by atoms with van der Waals surface area (Å²) in [6.07, 6.45) is 0.0314. The minimum atomic E-state index is -0.929. The molecule has 2 aliphatic heterocycles. The second-order valence-electron chi connectivity index (χ2n) is 6.81. The number of carbonyl (C=O) groups excluding carboxylic acids is 3. The number of nitrogens with zero attached hydrogens (tertiary/aromatic N) is 1. The van der Waals surface area contributed by atoms with Crippen LogP contribution in [0.2, 0.25) is 0 Å². The van der Waals surface area contributed by atoms with E-state index in [2.05, 4.69) is 0 Å². The van der Waals surface area contributed by atoms with Gasteiger partial charge in [0.1, 0.15) is 6.61 Å². The van der Waals surface area contributed by atoms with Gasteiger partial charge in [-0.2, -0.15) is 0 Å².